The van der Waals surface area contributed by atoms with Crippen molar-refractivity contribution in [1.29, 1.82) is 0 Å². The van der Waals surface area contributed by atoms with Crippen molar-refractivity contribution in [1.82, 2.24) is 4.90 Å². The molecular formula is C14H19Cl2NO. The van der Waals surface area contributed by atoms with Crippen LogP contribution in [0.2, 0.25) is 5.02 Å². The van der Waals surface area contributed by atoms with Gasteiger partial charge in [-0.05, 0) is 57.1 Å². The van der Waals surface area contributed by atoms with Gasteiger partial charge < -0.3 is 0 Å². The van der Waals surface area contributed by atoms with Crippen LogP contribution in [0.3, 0.4) is 0 Å². The van der Waals surface area contributed by atoms with Crippen LogP contribution >= 0.6 is 24.0 Å². The summed E-state index contributed by atoms with van der Waals surface area (Å²) in [4.78, 5) is 14.5. The molecule has 0 N–H and O–H groups in total. The van der Waals surface area contributed by atoms with E-state index in [-0.39, 0.29) is 24.2 Å². The highest BCUT2D eigenvalue weighted by Gasteiger charge is 2.23. The van der Waals surface area contributed by atoms with E-state index in [0.29, 0.717) is 5.02 Å². The number of piperidine rings is 1. The maximum atomic E-state index is 12.3. The molecule has 1 fully saturated rings. The van der Waals surface area contributed by atoms with Gasteiger partial charge in [0.2, 0.25) is 0 Å². The third-order valence-electron chi connectivity index (χ3n) is 3.45. The number of benzene rings is 1. The van der Waals surface area contributed by atoms with Crippen LogP contribution in [0.4, 0.5) is 0 Å². The fourth-order valence-corrected chi connectivity index (χ4v) is 2.45. The Morgan fingerprint density at radius 1 is 1.17 bits per heavy atom. The van der Waals surface area contributed by atoms with E-state index < -0.39 is 0 Å². The highest BCUT2D eigenvalue weighted by atomic mass is 35.5. The van der Waals surface area contributed by atoms with Gasteiger partial charge >= 0.3 is 0 Å². The van der Waals surface area contributed by atoms with Crippen molar-refractivity contribution in [3.63, 3.8) is 0 Å². The first-order valence-electron chi connectivity index (χ1n) is 6.22. The molecule has 0 radical (unpaired) electrons. The maximum absolute atomic E-state index is 12.3. The average molecular weight is 288 g/mol. The van der Waals surface area contributed by atoms with Gasteiger partial charge in [0.05, 0.1) is 6.04 Å². The first-order chi connectivity index (χ1) is 8.18. The Morgan fingerprint density at radius 3 is 2.28 bits per heavy atom. The van der Waals surface area contributed by atoms with Crippen molar-refractivity contribution in [2.75, 3.05) is 13.1 Å². The zero-order valence-electron chi connectivity index (χ0n) is 10.6. The number of Topliss-reactive ketones (excluding diaryl/α,β-unsaturated/α-hetero) is 1. The molecule has 100 valence electrons. The minimum atomic E-state index is -0.0172. The summed E-state index contributed by atoms with van der Waals surface area (Å²) in [5.74, 6) is 0.198. The Hall–Kier alpha value is -0.570. The zero-order chi connectivity index (χ0) is 12.3. The van der Waals surface area contributed by atoms with Gasteiger partial charge in [0.1, 0.15) is 0 Å². The van der Waals surface area contributed by atoms with Crippen molar-refractivity contribution in [3.05, 3.63) is 34.9 Å². The largest absolute Gasteiger partial charge is 0.294 e. The summed E-state index contributed by atoms with van der Waals surface area (Å²) in [7, 11) is 0. The molecule has 1 heterocycles. The SMILES string of the molecule is CC(C(=O)c1ccc(Cl)cc1)N1CCCCC1.Cl. The normalized spacial score (nSPS) is 17.9. The van der Waals surface area contributed by atoms with Crippen molar-refractivity contribution < 1.29 is 4.79 Å². The topological polar surface area (TPSA) is 20.3 Å². The van der Waals surface area contributed by atoms with Gasteiger partial charge in [0, 0.05) is 10.6 Å². The lowest BCUT2D eigenvalue weighted by atomic mass is 10.0. The lowest BCUT2D eigenvalue weighted by molar-refractivity contribution is 0.0809. The molecule has 18 heavy (non-hydrogen) atoms. The minimum absolute atomic E-state index is 0. The Balaban J connectivity index is 0.00000162. The number of hydrogen-bond donors (Lipinski definition) is 0. The number of likely N-dealkylation sites (tertiary alicyclic amines) is 1. The number of carbonyl (C=O) groups is 1. The molecule has 0 bridgehead atoms. The van der Waals surface area contributed by atoms with Crippen molar-refractivity contribution in [3.8, 4) is 0 Å². The number of ketones is 1. The lowest BCUT2D eigenvalue weighted by Crippen LogP contribution is -2.42. The van der Waals surface area contributed by atoms with Crippen molar-refractivity contribution in [2.45, 2.75) is 32.2 Å². The van der Waals surface area contributed by atoms with E-state index >= 15 is 0 Å². The molecule has 1 aromatic rings. The van der Waals surface area contributed by atoms with E-state index in [0.717, 1.165) is 18.7 Å². The van der Waals surface area contributed by atoms with E-state index in [2.05, 4.69) is 4.90 Å². The molecule has 2 nitrogen and oxygen atoms in total. The highest BCUT2D eigenvalue weighted by Crippen LogP contribution is 2.17. The van der Waals surface area contributed by atoms with Crippen LogP contribution in [0.25, 0.3) is 0 Å². The summed E-state index contributed by atoms with van der Waals surface area (Å²) in [6.45, 7) is 4.09. The second-order valence-electron chi connectivity index (χ2n) is 4.64. The predicted molar refractivity (Wildman–Crippen MR) is 77.9 cm³/mol. The number of rotatable bonds is 3. The van der Waals surface area contributed by atoms with Crippen LogP contribution in [0, 0.1) is 0 Å². The Morgan fingerprint density at radius 2 is 1.72 bits per heavy atom. The molecule has 0 spiro atoms. The first kappa shape index (κ1) is 15.5. The Kier molecular flexibility index (Phi) is 6.13. The Labute approximate surface area is 120 Å². The molecule has 0 aromatic heterocycles. The molecule has 1 aliphatic rings. The lowest BCUT2D eigenvalue weighted by Gasteiger charge is -2.31. The molecule has 1 aromatic carbocycles. The second kappa shape index (κ2) is 7.13. The predicted octanol–water partition coefficient (Wildman–Crippen LogP) is 3.82. The van der Waals surface area contributed by atoms with Crippen LogP contribution in [0.5, 0.6) is 0 Å². The van der Waals surface area contributed by atoms with Gasteiger partial charge in [-0.2, -0.15) is 0 Å². The van der Waals surface area contributed by atoms with Crippen LogP contribution in [0.1, 0.15) is 36.5 Å². The van der Waals surface area contributed by atoms with Crippen molar-refractivity contribution >= 4 is 29.8 Å². The van der Waals surface area contributed by atoms with E-state index in [1.54, 1.807) is 12.1 Å². The molecule has 0 saturated carbocycles. The minimum Gasteiger partial charge on any atom is -0.294 e. The van der Waals surface area contributed by atoms with Crippen LogP contribution < -0.4 is 0 Å². The van der Waals surface area contributed by atoms with Gasteiger partial charge in [0.25, 0.3) is 0 Å². The van der Waals surface area contributed by atoms with Gasteiger partial charge in [-0.15, -0.1) is 12.4 Å². The standard InChI is InChI=1S/C14H18ClNO.ClH/c1-11(16-9-3-2-4-10-16)14(17)12-5-7-13(15)8-6-12;/h5-8,11H,2-4,9-10H2,1H3;1H. The maximum Gasteiger partial charge on any atom is 0.179 e. The van der Waals surface area contributed by atoms with E-state index in [9.17, 15) is 4.79 Å². The van der Waals surface area contributed by atoms with E-state index in [1.807, 2.05) is 19.1 Å². The third kappa shape index (κ3) is 3.71. The van der Waals surface area contributed by atoms with E-state index in [1.165, 1.54) is 19.3 Å². The van der Waals surface area contributed by atoms with Gasteiger partial charge in [-0.1, -0.05) is 18.0 Å². The zero-order valence-corrected chi connectivity index (χ0v) is 12.1. The van der Waals surface area contributed by atoms with Crippen LogP contribution in [-0.4, -0.2) is 29.8 Å². The first-order valence-corrected chi connectivity index (χ1v) is 6.60. The highest BCUT2D eigenvalue weighted by molar-refractivity contribution is 6.30. The fraction of sp³-hybridized carbons (Fsp3) is 0.500. The average Bonchev–Trinajstić information content (AvgIpc) is 2.39. The summed E-state index contributed by atoms with van der Waals surface area (Å²) in [5, 5.41) is 0.673. The smallest absolute Gasteiger partial charge is 0.179 e. The molecule has 1 atom stereocenters. The molecule has 4 heteroatoms. The van der Waals surface area contributed by atoms with Crippen LogP contribution in [-0.2, 0) is 0 Å². The second-order valence-corrected chi connectivity index (χ2v) is 5.08. The molecular weight excluding hydrogens is 269 g/mol. The molecule has 2 rings (SSSR count). The van der Waals surface area contributed by atoms with Crippen LogP contribution in [0.15, 0.2) is 24.3 Å². The Bertz CT molecular complexity index is 385. The van der Waals surface area contributed by atoms with E-state index in [4.69, 9.17) is 11.6 Å². The molecule has 0 amide bonds. The quantitative estimate of drug-likeness (QED) is 0.788. The van der Waals surface area contributed by atoms with Crippen molar-refractivity contribution in [2.24, 2.45) is 0 Å². The summed E-state index contributed by atoms with van der Waals surface area (Å²) >= 11 is 5.82. The van der Waals surface area contributed by atoms with Gasteiger partial charge in [0.15, 0.2) is 5.78 Å². The fourth-order valence-electron chi connectivity index (χ4n) is 2.33. The third-order valence-corrected chi connectivity index (χ3v) is 3.70. The summed E-state index contributed by atoms with van der Waals surface area (Å²) in [5.41, 5.74) is 0.757. The molecule has 1 unspecified atom stereocenters. The summed E-state index contributed by atoms with van der Waals surface area (Å²) in [6, 6.07) is 7.16. The number of hydrogen-bond acceptors (Lipinski definition) is 2. The number of carbonyl (C=O) groups excluding carboxylic acids is 1. The number of halogens is 2. The molecule has 1 saturated heterocycles. The van der Waals surface area contributed by atoms with Gasteiger partial charge in [-0.25, -0.2) is 0 Å². The molecule has 0 aliphatic carbocycles. The summed E-state index contributed by atoms with van der Waals surface area (Å²) in [6.07, 6.45) is 3.70. The monoisotopic (exact) mass is 287 g/mol. The van der Waals surface area contributed by atoms with Gasteiger partial charge in [-0.3, -0.25) is 9.69 Å². The summed E-state index contributed by atoms with van der Waals surface area (Å²) < 4.78 is 0. The molecule has 1 aliphatic heterocycles. The number of nitrogens with zero attached hydrogens (tertiary/aromatic N) is 1.